The topological polar surface area (TPSA) is 95.9 Å². The monoisotopic (exact) mass is 874 g/mol. The van der Waals surface area contributed by atoms with Crippen LogP contribution in [0.25, 0.3) is 0 Å². The summed E-state index contributed by atoms with van der Waals surface area (Å²) in [6.07, 6.45) is 67.4. The fourth-order valence-electron chi connectivity index (χ4n) is 7.14. The molecule has 0 aromatic heterocycles. The van der Waals surface area contributed by atoms with E-state index < -0.39 is 18.2 Å². The maximum Gasteiger partial charge on any atom is 0.306 e. The Kier molecular flexibility index (Phi) is 46.8. The molecule has 3 unspecified atom stereocenters. The third kappa shape index (κ3) is 44.9. The number of aliphatic hydroxyl groups excluding tert-OH is 2. The van der Waals surface area contributed by atoms with Crippen LogP contribution < -0.4 is 5.32 Å². The van der Waals surface area contributed by atoms with Crippen molar-refractivity contribution in [1.29, 1.82) is 0 Å². The van der Waals surface area contributed by atoms with Crippen molar-refractivity contribution >= 4 is 11.9 Å². The molecule has 0 aliphatic carbocycles. The van der Waals surface area contributed by atoms with Crippen molar-refractivity contribution in [3.8, 4) is 0 Å². The van der Waals surface area contributed by atoms with Crippen LogP contribution in [0.2, 0.25) is 0 Å². The van der Waals surface area contributed by atoms with Gasteiger partial charge in [0.2, 0.25) is 5.91 Å². The predicted octanol–water partition coefficient (Wildman–Crippen LogP) is 15.5. The summed E-state index contributed by atoms with van der Waals surface area (Å²) >= 11 is 0. The number of allylic oxidation sites excluding steroid dienone is 18. The van der Waals surface area contributed by atoms with Gasteiger partial charge < -0.3 is 20.3 Å². The van der Waals surface area contributed by atoms with Gasteiger partial charge in [-0.3, -0.25) is 9.59 Å². The predicted molar refractivity (Wildman–Crippen MR) is 273 cm³/mol. The number of carbonyl (C=O) groups is 2. The molecule has 0 saturated heterocycles. The van der Waals surface area contributed by atoms with E-state index in [1.54, 1.807) is 0 Å². The molecule has 1 amide bonds. The summed E-state index contributed by atoms with van der Waals surface area (Å²) in [7, 11) is 0. The molecule has 0 radical (unpaired) electrons. The van der Waals surface area contributed by atoms with E-state index in [2.05, 4.69) is 92.9 Å². The standard InChI is InChI=1S/C57H95NO5/c1-4-7-10-13-16-19-22-24-26-28-29-31-34-37-40-43-46-49-55(60)54(52-59)58-56(61)51-53(48-45-42-39-36-33-21-18-15-12-9-6-3)63-57(62)50-47-44-41-38-35-32-30-27-25-23-20-17-14-11-8-5-2/h8-9,11-12,15,17-18,20-21,25,27,32-33,35-36,39,41,44,53-55,59-60H,4-7,10,13-14,16,19,22-24,26,28-31,34,37-38,40,42-43,45-52H2,1-3H3,(H,58,61)/b11-8+,12-9+,18-15+,20-17+,27-25+,33-21-,35-32+,39-36-,44-41+. The van der Waals surface area contributed by atoms with Crippen LogP contribution in [0.5, 0.6) is 0 Å². The summed E-state index contributed by atoms with van der Waals surface area (Å²) in [5.74, 6) is -0.651. The number of carbonyl (C=O) groups excluding carboxylic acids is 2. The highest BCUT2D eigenvalue weighted by atomic mass is 16.5. The minimum Gasteiger partial charge on any atom is -0.462 e. The van der Waals surface area contributed by atoms with Crippen LogP contribution in [0.4, 0.5) is 0 Å². The Morgan fingerprint density at radius 2 is 0.937 bits per heavy atom. The number of hydrogen-bond acceptors (Lipinski definition) is 5. The molecule has 0 aliphatic heterocycles. The second-order valence-electron chi connectivity index (χ2n) is 16.9. The molecule has 6 heteroatoms. The zero-order valence-electron chi connectivity index (χ0n) is 40.7. The minimum absolute atomic E-state index is 0.00452. The van der Waals surface area contributed by atoms with Gasteiger partial charge in [0.15, 0.2) is 0 Å². The normalized spacial score (nSPS) is 14.2. The molecular weight excluding hydrogens is 779 g/mol. The van der Waals surface area contributed by atoms with E-state index in [9.17, 15) is 19.8 Å². The van der Waals surface area contributed by atoms with Gasteiger partial charge >= 0.3 is 5.97 Å². The second kappa shape index (κ2) is 49.5. The molecule has 0 saturated carbocycles. The van der Waals surface area contributed by atoms with Gasteiger partial charge in [-0.25, -0.2) is 0 Å². The van der Waals surface area contributed by atoms with Gasteiger partial charge in [-0.15, -0.1) is 0 Å². The van der Waals surface area contributed by atoms with E-state index in [0.717, 1.165) is 70.6 Å². The third-order valence-corrected chi connectivity index (χ3v) is 11.0. The highest BCUT2D eigenvalue weighted by Crippen LogP contribution is 2.16. The van der Waals surface area contributed by atoms with Gasteiger partial charge in [0.25, 0.3) is 0 Å². The van der Waals surface area contributed by atoms with Gasteiger partial charge in [0, 0.05) is 6.42 Å². The largest absolute Gasteiger partial charge is 0.462 e. The summed E-state index contributed by atoms with van der Waals surface area (Å²) in [4.78, 5) is 26.0. The van der Waals surface area contributed by atoms with Crippen LogP contribution in [-0.4, -0.2) is 46.9 Å². The average Bonchev–Trinajstić information content (AvgIpc) is 3.28. The molecule has 358 valence electrons. The Morgan fingerprint density at radius 3 is 1.43 bits per heavy atom. The number of esters is 1. The lowest BCUT2D eigenvalue weighted by Crippen LogP contribution is -2.46. The molecule has 3 atom stereocenters. The Hall–Kier alpha value is -3.48. The molecule has 6 nitrogen and oxygen atoms in total. The number of aliphatic hydroxyl groups is 2. The molecule has 63 heavy (non-hydrogen) atoms. The first-order chi connectivity index (χ1) is 31.0. The molecule has 0 heterocycles. The van der Waals surface area contributed by atoms with Gasteiger partial charge in [0.05, 0.1) is 25.2 Å². The van der Waals surface area contributed by atoms with Crippen molar-refractivity contribution in [3.05, 3.63) is 109 Å². The van der Waals surface area contributed by atoms with Crippen molar-refractivity contribution in [3.63, 3.8) is 0 Å². The van der Waals surface area contributed by atoms with Crippen LogP contribution in [0, 0.1) is 0 Å². The summed E-state index contributed by atoms with van der Waals surface area (Å²) in [6.45, 7) is 6.18. The second-order valence-corrected chi connectivity index (χ2v) is 16.9. The first-order valence-corrected chi connectivity index (χ1v) is 25.7. The highest BCUT2D eigenvalue weighted by Gasteiger charge is 2.23. The highest BCUT2D eigenvalue weighted by molar-refractivity contribution is 5.77. The van der Waals surface area contributed by atoms with E-state index in [1.807, 2.05) is 42.5 Å². The Bertz CT molecular complexity index is 1300. The SMILES string of the molecule is CC/C=C/C=C/C=C\C=C/CCCC(CC(=O)NC(CO)C(O)CCCCCCCCCCCCCCCCCCC)OC(=O)CC/C=C/C/C=C/C/C=C/C/C=C/C/C=C/CC. The van der Waals surface area contributed by atoms with Crippen molar-refractivity contribution in [2.45, 2.75) is 232 Å². The van der Waals surface area contributed by atoms with Crippen LogP contribution in [-0.2, 0) is 14.3 Å². The van der Waals surface area contributed by atoms with Gasteiger partial charge in [0.1, 0.15) is 6.10 Å². The summed E-state index contributed by atoms with van der Waals surface area (Å²) in [6, 6.07) is -0.744. The molecule has 0 aromatic carbocycles. The zero-order valence-corrected chi connectivity index (χ0v) is 40.7. The van der Waals surface area contributed by atoms with Crippen molar-refractivity contribution in [2.24, 2.45) is 0 Å². The van der Waals surface area contributed by atoms with Crippen molar-refractivity contribution < 1.29 is 24.5 Å². The smallest absolute Gasteiger partial charge is 0.306 e. The number of nitrogens with one attached hydrogen (secondary N) is 1. The fourth-order valence-corrected chi connectivity index (χ4v) is 7.14. The van der Waals surface area contributed by atoms with Gasteiger partial charge in [-0.1, -0.05) is 239 Å². The quantitative estimate of drug-likeness (QED) is 0.0245. The van der Waals surface area contributed by atoms with E-state index in [0.29, 0.717) is 19.3 Å². The maximum absolute atomic E-state index is 13.2. The van der Waals surface area contributed by atoms with E-state index in [1.165, 1.54) is 89.9 Å². The Morgan fingerprint density at radius 1 is 0.492 bits per heavy atom. The third-order valence-electron chi connectivity index (χ3n) is 11.0. The lowest BCUT2D eigenvalue weighted by Gasteiger charge is -2.24. The van der Waals surface area contributed by atoms with Crippen molar-refractivity contribution in [2.75, 3.05) is 6.61 Å². The van der Waals surface area contributed by atoms with Crippen LogP contribution in [0.3, 0.4) is 0 Å². The van der Waals surface area contributed by atoms with Gasteiger partial charge in [-0.05, 0) is 70.6 Å². The molecule has 0 aromatic rings. The molecule has 0 bridgehead atoms. The van der Waals surface area contributed by atoms with E-state index in [4.69, 9.17) is 4.74 Å². The molecule has 0 spiro atoms. The zero-order chi connectivity index (χ0) is 45.9. The number of amides is 1. The summed E-state index contributed by atoms with van der Waals surface area (Å²) in [5, 5.41) is 23.7. The lowest BCUT2D eigenvalue weighted by molar-refractivity contribution is -0.150. The minimum atomic E-state index is -0.824. The van der Waals surface area contributed by atoms with E-state index in [-0.39, 0.29) is 31.3 Å². The number of ether oxygens (including phenoxy) is 1. The molecule has 0 rings (SSSR count). The first kappa shape index (κ1) is 59.5. The summed E-state index contributed by atoms with van der Waals surface area (Å²) in [5.41, 5.74) is 0. The molecule has 3 N–H and O–H groups in total. The van der Waals surface area contributed by atoms with Crippen LogP contribution in [0.1, 0.15) is 213 Å². The van der Waals surface area contributed by atoms with Crippen molar-refractivity contribution in [1.82, 2.24) is 5.32 Å². The average molecular weight is 874 g/mol. The number of rotatable bonds is 44. The molecule has 0 aliphatic rings. The van der Waals surface area contributed by atoms with Crippen LogP contribution in [0.15, 0.2) is 109 Å². The maximum atomic E-state index is 13.2. The fraction of sp³-hybridized carbons (Fsp3) is 0.649. The lowest BCUT2D eigenvalue weighted by atomic mass is 10.0. The number of hydrogen-bond donors (Lipinski definition) is 3. The molecular formula is C57H95NO5. The van der Waals surface area contributed by atoms with Crippen LogP contribution >= 0.6 is 0 Å². The Labute approximate surface area is 388 Å². The number of unbranched alkanes of at least 4 members (excludes halogenated alkanes) is 17. The first-order valence-electron chi connectivity index (χ1n) is 25.7. The molecule has 0 fully saturated rings. The Balaban J connectivity index is 4.67. The summed E-state index contributed by atoms with van der Waals surface area (Å²) < 4.78 is 5.84. The van der Waals surface area contributed by atoms with Gasteiger partial charge in [-0.2, -0.15) is 0 Å². The van der Waals surface area contributed by atoms with E-state index >= 15 is 0 Å².